The van der Waals surface area contributed by atoms with Gasteiger partial charge in [0.05, 0.1) is 14.7 Å². The first-order valence-electron chi connectivity index (χ1n) is 5.93. The molecule has 0 radical (unpaired) electrons. The lowest BCUT2D eigenvalue weighted by molar-refractivity contribution is -0.137. The normalized spacial score (nSPS) is 12.0. The third-order valence-corrected chi connectivity index (χ3v) is 9.19. The van der Waals surface area contributed by atoms with Gasteiger partial charge in [-0.15, -0.1) is 0 Å². The fourth-order valence-electron chi connectivity index (χ4n) is 1.83. The van der Waals surface area contributed by atoms with Crippen LogP contribution in [0.5, 0.6) is 0 Å². The average molecular weight is 228 g/mol. The highest BCUT2D eigenvalue weighted by Gasteiger charge is 2.26. The molecule has 0 aliphatic rings. The van der Waals surface area contributed by atoms with E-state index < -0.39 is 8.07 Å². The van der Waals surface area contributed by atoms with Gasteiger partial charge in [-0.25, -0.2) is 4.79 Å². The summed E-state index contributed by atoms with van der Waals surface area (Å²) in [7, 11) is -1.11. The molecule has 0 amide bonds. The molecule has 0 aliphatic heterocycles. The summed E-state index contributed by atoms with van der Waals surface area (Å²) in [6.07, 6.45) is 3.19. The topological polar surface area (TPSA) is 26.3 Å². The zero-order valence-corrected chi connectivity index (χ0v) is 11.5. The molecule has 0 saturated carbocycles. The van der Waals surface area contributed by atoms with Gasteiger partial charge in [0.15, 0.2) is 0 Å². The van der Waals surface area contributed by atoms with Gasteiger partial charge in [-0.05, 0) is 13.0 Å². The SMILES string of the molecule is CC=CC(=O)OCC[Si](CC)(CC)CC. The van der Waals surface area contributed by atoms with Gasteiger partial charge in [0.1, 0.15) is 0 Å². The Balaban J connectivity index is 3.96. The molecule has 0 rings (SSSR count). The lowest BCUT2D eigenvalue weighted by Crippen LogP contribution is -2.32. The van der Waals surface area contributed by atoms with Crippen LogP contribution in [-0.2, 0) is 9.53 Å². The van der Waals surface area contributed by atoms with Gasteiger partial charge < -0.3 is 4.74 Å². The van der Waals surface area contributed by atoms with Crippen LogP contribution in [0.3, 0.4) is 0 Å². The zero-order valence-electron chi connectivity index (χ0n) is 10.5. The van der Waals surface area contributed by atoms with Gasteiger partial charge in [0, 0.05) is 6.08 Å². The number of ether oxygens (including phenoxy) is 1. The Kier molecular flexibility index (Phi) is 7.39. The second-order valence-electron chi connectivity index (χ2n) is 3.98. The molecule has 15 heavy (non-hydrogen) atoms. The Morgan fingerprint density at radius 1 is 1.20 bits per heavy atom. The van der Waals surface area contributed by atoms with Crippen molar-refractivity contribution in [2.45, 2.75) is 51.9 Å². The minimum atomic E-state index is -1.11. The molecule has 0 unspecified atom stereocenters. The van der Waals surface area contributed by atoms with Crippen LogP contribution in [0.2, 0.25) is 24.2 Å². The second kappa shape index (κ2) is 7.68. The molecule has 0 bridgehead atoms. The molecule has 0 fully saturated rings. The Morgan fingerprint density at radius 3 is 2.13 bits per heavy atom. The van der Waals surface area contributed by atoms with E-state index in [0.717, 1.165) is 6.04 Å². The summed E-state index contributed by atoms with van der Waals surface area (Å²) >= 11 is 0. The highest BCUT2D eigenvalue weighted by Crippen LogP contribution is 2.24. The molecule has 0 saturated heterocycles. The van der Waals surface area contributed by atoms with Crippen LogP contribution in [0.25, 0.3) is 0 Å². The van der Waals surface area contributed by atoms with Gasteiger partial charge in [0.25, 0.3) is 0 Å². The smallest absolute Gasteiger partial charge is 0.330 e. The van der Waals surface area contributed by atoms with Gasteiger partial charge >= 0.3 is 5.97 Å². The molecule has 0 atom stereocenters. The van der Waals surface area contributed by atoms with Crippen LogP contribution >= 0.6 is 0 Å². The van der Waals surface area contributed by atoms with E-state index in [0.29, 0.717) is 6.61 Å². The van der Waals surface area contributed by atoms with Crippen molar-refractivity contribution < 1.29 is 9.53 Å². The maximum Gasteiger partial charge on any atom is 0.330 e. The number of carbonyl (C=O) groups excluding carboxylic acids is 1. The first kappa shape index (κ1) is 14.4. The molecule has 88 valence electrons. The van der Waals surface area contributed by atoms with Crippen molar-refractivity contribution in [1.29, 1.82) is 0 Å². The Labute approximate surface area is 94.7 Å². The lowest BCUT2D eigenvalue weighted by atomic mass is 10.5. The molecule has 0 aromatic carbocycles. The van der Waals surface area contributed by atoms with Crippen molar-refractivity contribution in [3.05, 3.63) is 12.2 Å². The van der Waals surface area contributed by atoms with Crippen LogP contribution in [0.4, 0.5) is 0 Å². The molecule has 0 heterocycles. The molecular weight excluding hydrogens is 204 g/mol. The van der Waals surface area contributed by atoms with Crippen molar-refractivity contribution >= 4 is 14.0 Å². The third kappa shape index (κ3) is 5.16. The van der Waals surface area contributed by atoms with E-state index in [1.807, 2.05) is 6.92 Å². The van der Waals surface area contributed by atoms with Gasteiger partial charge in [-0.1, -0.05) is 45.0 Å². The van der Waals surface area contributed by atoms with E-state index in [1.54, 1.807) is 6.08 Å². The van der Waals surface area contributed by atoms with Crippen LogP contribution in [0, 0.1) is 0 Å². The molecule has 2 nitrogen and oxygen atoms in total. The van der Waals surface area contributed by atoms with Crippen LogP contribution in [0.15, 0.2) is 12.2 Å². The van der Waals surface area contributed by atoms with E-state index >= 15 is 0 Å². The minimum absolute atomic E-state index is 0.205. The van der Waals surface area contributed by atoms with E-state index in [4.69, 9.17) is 4.74 Å². The summed E-state index contributed by atoms with van der Waals surface area (Å²) in [5.41, 5.74) is 0. The standard InChI is InChI=1S/C12H24O2Si/c1-5-9-12(13)14-10-11-15(6-2,7-3)8-4/h5,9H,6-8,10-11H2,1-4H3. The first-order chi connectivity index (χ1) is 7.14. The Morgan fingerprint density at radius 2 is 1.73 bits per heavy atom. The zero-order chi connectivity index (χ0) is 11.7. The molecule has 0 aromatic heterocycles. The number of rotatable bonds is 7. The number of esters is 1. The van der Waals surface area contributed by atoms with Gasteiger partial charge in [-0.2, -0.15) is 0 Å². The van der Waals surface area contributed by atoms with Crippen molar-refractivity contribution in [2.24, 2.45) is 0 Å². The van der Waals surface area contributed by atoms with Crippen LogP contribution in [-0.4, -0.2) is 20.7 Å². The highest BCUT2D eigenvalue weighted by atomic mass is 28.3. The number of allylic oxidation sites excluding steroid dienone is 1. The molecular formula is C12H24O2Si. The van der Waals surface area contributed by atoms with Crippen molar-refractivity contribution in [1.82, 2.24) is 0 Å². The van der Waals surface area contributed by atoms with E-state index in [1.165, 1.54) is 24.2 Å². The first-order valence-corrected chi connectivity index (χ1v) is 8.76. The molecule has 0 aliphatic carbocycles. The molecule has 3 heteroatoms. The average Bonchev–Trinajstić information content (AvgIpc) is 2.25. The van der Waals surface area contributed by atoms with Gasteiger partial charge in [0.2, 0.25) is 0 Å². The lowest BCUT2D eigenvalue weighted by Gasteiger charge is -2.27. The Bertz CT molecular complexity index is 199. The summed E-state index contributed by atoms with van der Waals surface area (Å²) in [6.45, 7) is 9.24. The number of hydrogen-bond acceptors (Lipinski definition) is 2. The summed E-state index contributed by atoms with van der Waals surface area (Å²) in [5, 5.41) is 0. The highest BCUT2D eigenvalue weighted by molar-refractivity contribution is 6.79. The largest absolute Gasteiger partial charge is 0.463 e. The second-order valence-corrected chi connectivity index (χ2v) is 9.60. The summed E-state index contributed by atoms with van der Waals surface area (Å²) in [4.78, 5) is 11.1. The molecule has 0 N–H and O–H groups in total. The van der Waals surface area contributed by atoms with E-state index in [2.05, 4.69) is 20.8 Å². The quantitative estimate of drug-likeness (QED) is 0.378. The van der Waals surface area contributed by atoms with Gasteiger partial charge in [-0.3, -0.25) is 0 Å². The Hall–Kier alpha value is -0.573. The predicted molar refractivity (Wildman–Crippen MR) is 67.8 cm³/mol. The fourth-order valence-corrected chi connectivity index (χ4v) is 4.93. The summed E-state index contributed by atoms with van der Waals surface area (Å²) in [5.74, 6) is -0.205. The van der Waals surface area contributed by atoms with Crippen molar-refractivity contribution in [3.8, 4) is 0 Å². The predicted octanol–water partition coefficient (Wildman–Crippen LogP) is 3.61. The molecule has 0 spiro atoms. The minimum Gasteiger partial charge on any atom is -0.463 e. The molecule has 0 aromatic rings. The monoisotopic (exact) mass is 228 g/mol. The van der Waals surface area contributed by atoms with E-state index in [-0.39, 0.29) is 5.97 Å². The number of carbonyl (C=O) groups is 1. The van der Waals surface area contributed by atoms with Crippen LogP contribution in [0.1, 0.15) is 27.7 Å². The maximum atomic E-state index is 11.1. The summed E-state index contributed by atoms with van der Waals surface area (Å²) < 4.78 is 5.15. The van der Waals surface area contributed by atoms with Crippen molar-refractivity contribution in [2.75, 3.05) is 6.61 Å². The maximum absolute atomic E-state index is 11.1. The number of hydrogen-bond donors (Lipinski definition) is 0. The van der Waals surface area contributed by atoms with Crippen molar-refractivity contribution in [3.63, 3.8) is 0 Å². The summed E-state index contributed by atoms with van der Waals surface area (Å²) in [6, 6.07) is 4.99. The fraction of sp³-hybridized carbons (Fsp3) is 0.750. The van der Waals surface area contributed by atoms with E-state index in [9.17, 15) is 4.79 Å². The third-order valence-electron chi connectivity index (χ3n) is 3.43. The van der Waals surface area contributed by atoms with Crippen LogP contribution < -0.4 is 0 Å².